The van der Waals surface area contributed by atoms with E-state index in [-0.39, 0.29) is 41.5 Å². The van der Waals surface area contributed by atoms with Crippen molar-refractivity contribution in [3.8, 4) is 0 Å². The van der Waals surface area contributed by atoms with Gasteiger partial charge in [0.1, 0.15) is 0 Å². The van der Waals surface area contributed by atoms with Crippen molar-refractivity contribution in [2.45, 2.75) is 112 Å². The quantitative estimate of drug-likeness (QED) is 0.183. The first kappa shape index (κ1) is 28.6. The zero-order valence-electron chi connectivity index (χ0n) is 25.1. The maximum absolute atomic E-state index is 13.8. The number of carbonyl (C=O) groups excluding carboxylic acids is 1. The summed E-state index contributed by atoms with van der Waals surface area (Å²) in [6.07, 6.45) is 11.1. The van der Waals surface area contributed by atoms with Crippen LogP contribution in [0.5, 0.6) is 0 Å². The van der Waals surface area contributed by atoms with Gasteiger partial charge in [-0.25, -0.2) is 0 Å². The molecule has 5 heteroatoms. The van der Waals surface area contributed by atoms with Crippen molar-refractivity contribution in [1.29, 1.82) is 0 Å². The molecule has 38 heavy (non-hydrogen) atoms. The Morgan fingerprint density at radius 2 is 1.74 bits per heavy atom. The molecule has 0 aliphatic heterocycles. The molecule has 0 aromatic rings. The van der Waals surface area contributed by atoms with Crippen molar-refractivity contribution in [3.05, 3.63) is 11.6 Å². The number of rotatable bonds is 5. The largest absolute Gasteiger partial charge is 0.438 e. The molecular formula is C33H54O5. The van der Waals surface area contributed by atoms with Gasteiger partial charge in [-0.15, -0.1) is 0 Å². The summed E-state index contributed by atoms with van der Waals surface area (Å²) in [6, 6.07) is 0. The fourth-order valence-corrected chi connectivity index (χ4v) is 11.2. The monoisotopic (exact) mass is 530 g/mol. The van der Waals surface area contributed by atoms with Gasteiger partial charge in [-0.3, -0.25) is 4.79 Å². The van der Waals surface area contributed by atoms with E-state index in [1.54, 1.807) is 0 Å². The van der Waals surface area contributed by atoms with E-state index in [9.17, 15) is 15.0 Å². The average molecular weight is 531 g/mol. The highest BCUT2D eigenvalue weighted by atomic mass is 16.7. The highest BCUT2D eigenvalue weighted by molar-refractivity contribution is 5.78. The first-order valence-electron chi connectivity index (χ1n) is 15.6. The normalized spacial score (nSPS) is 52.1. The lowest BCUT2D eigenvalue weighted by molar-refractivity contribution is -0.219. The van der Waals surface area contributed by atoms with Crippen molar-refractivity contribution in [2.24, 2.45) is 56.7 Å². The van der Waals surface area contributed by atoms with E-state index in [0.717, 1.165) is 57.8 Å². The van der Waals surface area contributed by atoms with Gasteiger partial charge in [0.15, 0.2) is 6.79 Å². The summed E-state index contributed by atoms with van der Waals surface area (Å²) in [7, 11) is 0. The third-order valence-corrected chi connectivity index (χ3v) is 14.0. The molecular weight excluding hydrogens is 476 g/mol. The molecule has 0 saturated heterocycles. The molecule has 11 atom stereocenters. The Kier molecular flexibility index (Phi) is 7.22. The van der Waals surface area contributed by atoms with Crippen LogP contribution in [0.4, 0.5) is 0 Å². The molecule has 0 aromatic heterocycles. The summed E-state index contributed by atoms with van der Waals surface area (Å²) in [6.45, 7) is 17.0. The lowest BCUT2D eigenvalue weighted by Crippen LogP contribution is -2.66. The van der Waals surface area contributed by atoms with E-state index < -0.39 is 16.9 Å². The van der Waals surface area contributed by atoms with Crippen molar-refractivity contribution in [3.63, 3.8) is 0 Å². The molecule has 0 heterocycles. The standard InChI is InChI=1S/C33H54O5/c1-8-37-20-38-28(36)33-16-11-21(2)22(3)27(33)23-9-10-25-29(4)14-13-26(35)30(5,19-34)24(29)12-15-32(25,7)31(23,6)17-18-33/h9,21-22,24-27,34-35H,8,10-20H2,1-7H3/t21-,22+,24?,25-,26+,27+,29+,30?,31-,32-,33+/m1/s1. The number of aliphatic hydroxyl groups is 2. The molecule has 5 nitrogen and oxygen atoms in total. The van der Waals surface area contributed by atoms with Crippen LogP contribution in [0.2, 0.25) is 0 Å². The molecule has 0 spiro atoms. The smallest absolute Gasteiger partial charge is 0.314 e. The van der Waals surface area contributed by atoms with Crippen LogP contribution in [0.25, 0.3) is 0 Å². The minimum absolute atomic E-state index is 0.0370. The first-order valence-corrected chi connectivity index (χ1v) is 15.6. The zero-order valence-corrected chi connectivity index (χ0v) is 25.1. The van der Waals surface area contributed by atoms with Gasteiger partial charge in [0.05, 0.1) is 18.1 Å². The van der Waals surface area contributed by atoms with E-state index in [2.05, 4.69) is 47.6 Å². The second-order valence-electron chi connectivity index (χ2n) is 15.1. The van der Waals surface area contributed by atoms with Crippen LogP contribution in [0.15, 0.2) is 11.6 Å². The minimum Gasteiger partial charge on any atom is -0.438 e. The Labute approximate surface area is 231 Å². The van der Waals surface area contributed by atoms with Crippen LogP contribution < -0.4 is 0 Å². The number of esters is 1. The Morgan fingerprint density at radius 1 is 1.00 bits per heavy atom. The van der Waals surface area contributed by atoms with Gasteiger partial charge >= 0.3 is 5.97 Å². The van der Waals surface area contributed by atoms with E-state index in [0.29, 0.717) is 30.3 Å². The second-order valence-corrected chi connectivity index (χ2v) is 15.1. The molecule has 0 bridgehead atoms. The van der Waals surface area contributed by atoms with Gasteiger partial charge in [0.2, 0.25) is 0 Å². The highest BCUT2D eigenvalue weighted by Gasteiger charge is 2.70. The first-order chi connectivity index (χ1) is 17.9. The van der Waals surface area contributed by atoms with Crippen molar-refractivity contribution in [1.82, 2.24) is 0 Å². The van der Waals surface area contributed by atoms with E-state index in [1.807, 2.05) is 6.92 Å². The van der Waals surface area contributed by atoms with Crippen molar-refractivity contribution in [2.75, 3.05) is 20.0 Å². The predicted molar refractivity (Wildman–Crippen MR) is 149 cm³/mol. The summed E-state index contributed by atoms with van der Waals surface area (Å²) >= 11 is 0. The van der Waals surface area contributed by atoms with E-state index in [1.165, 1.54) is 5.57 Å². The Hall–Kier alpha value is -0.910. The van der Waals surface area contributed by atoms with E-state index >= 15 is 0 Å². The summed E-state index contributed by atoms with van der Waals surface area (Å²) in [5, 5.41) is 21.5. The fraction of sp³-hybridized carbons (Fsp3) is 0.909. The van der Waals surface area contributed by atoms with E-state index in [4.69, 9.17) is 9.47 Å². The van der Waals surface area contributed by atoms with Crippen LogP contribution in [-0.4, -0.2) is 42.3 Å². The number of ether oxygens (including phenoxy) is 2. The summed E-state index contributed by atoms with van der Waals surface area (Å²) in [5.41, 5.74) is 0.919. The van der Waals surface area contributed by atoms with Gasteiger partial charge in [-0.05, 0) is 111 Å². The molecule has 0 aromatic carbocycles. The molecule has 5 rings (SSSR count). The van der Waals surface area contributed by atoms with Gasteiger partial charge < -0.3 is 19.7 Å². The molecule has 0 radical (unpaired) electrons. The topological polar surface area (TPSA) is 76.0 Å². The lowest BCUT2D eigenvalue weighted by Gasteiger charge is -2.71. The van der Waals surface area contributed by atoms with Crippen LogP contribution in [0, 0.1) is 56.7 Å². The van der Waals surface area contributed by atoms with Gasteiger partial charge in [-0.2, -0.15) is 0 Å². The van der Waals surface area contributed by atoms with Crippen molar-refractivity contribution < 1.29 is 24.5 Å². The molecule has 5 aliphatic carbocycles. The number of carbonyl (C=O) groups is 1. The molecule has 5 aliphatic rings. The van der Waals surface area contributed by atoms with Crippen LogP contribution in [0.1, 0.15) is 106 Å². The molecule has 216 valence electrons. The van der Waals surface area contributed by atoms with Crippen LogP contribution in [0.3, 0.4) is 0 Å². The van der Waals surface area contributed by atoms with Gasteiger partial charge in [0, 0.05) is 12.0 Å². The maximum Gasteiger partial charge on any atom is 0.314 e. The van der Waals surface area contributed by atoms with Crippen molar-refractivity contribution >= 4 is 5.97 Å². The lowest BCUT2D eigenvalue weighted by atomic mass is 9.33. The molecule has 4 fully saturated rings. The van der Waals surface area contributed by atoms with Crippen LogP contribution in [-0.2, 0) is 14.3 Å². The Balaban J connectivity index is 1.56. The maximum atomic E-state index is 13.8. The van der Waals surface area contributed by atoms with Crippen LogP contribution >= 0.6 is 0 Å². The SMILES string of the molecule is CCOCOC(=O)[C@]12CC[C@@H](C)[C@H](C)[C@H]1C1=CC[C@@H]3[C@@]4(C)CC[C@H](O)C(C)(CO)C4CC[C@@]3(C)[C@]1(C)CC2. The third kappa shape index (κ3) is 3.62. The van der Waals surface area contributed by atoms with Gasteiger partial charge in [0.25, 0.3) is 0 Å². The fourth-order valence-electron chi connectivity index (χ4n) is 11.2. The number of fused-ring (bicyclic) bond motifs is 7. The average Bonchev–Trinajstić information content (AvgIpc) is 2.89. The number of allylic oxidation sites excluding steroid dienone is 2. The van der Waals surface area contributed by atoms with Gasteiger partial charge in [-0.1, -0.05) is 53.2 Å². The minimum atomic E-state index is -0.441. The predicted octanol–water partition coefficient (Wildman–Crippen LogP) is 6.51. The molecule has 2 N–H and O–H groups in total. The third-order valence-electron chi connectivity index (χ3n) is 14.0. The Bertz CT molecular complexity index is 961. The molecule has 0 amide bonds. The Morgan fingerprint density at radius 3 is 2.42 bits per heavy atom. The zero-order chi connectivity index (χ0) is 27.7. The summed E-state index contributed by atoms with van der Waals surface area (Å²) in [4.78, 5) is 13.8. The number of hydrogen-bond acceptors (Lipinski definition) is 5. The highest BCUT2D eigenvalue weighted by Crippen LogP contribution is 2.75. The number of hydrogen-bond donors (Lipinski definition) is 2. The summed E-state index contributed by atoms with van der Waals surface area (Å²) in [5.74, 6) is 2.03. The second kappa shape index (κ2) is 9.58. The molecule has 2 unspecified atom stereocenters. The number of aliphatic hydroxyl groups excluding tert-OH is 2. The molecule has 4 saturated carbocycles. The summed E-state index contributed by atoms with van der Waals surface area (Å²) < 4.78 is 11.2.